The van der Waals surface area contributed by atoms with Crippen LogP contribution in [0.25, 0.3) is 11.1 Å². The quantitative estimate of drug-likeness (QED) is 0.142. The molecule has 0 saturated heterocycles. The monoisotopic (exact) mass is 586 g/mol. The molecule has 0 heterocycles. The highest BCUT2D eigenvalue weighted by Crippen LogP contribution is 2.31. The van der Waals surface area contributed by atoms with Crippen LogP contribution < -0.4 is 21.3 Å². The Morgan fingerprint density at radius 3 is 2.11 bits per heavy atom. The molecule has 0 aliphatic heterocycles. The molecule has 0 fully saturated rings. The molecule has 0 unspecified atom stereocenters. The normalized spacial score (nSPS) is 10.7. The van der Waals surface area contributed by atoms with Crippen molar-refractivity contribution in [3.05, 3.63) is 150 Å². The molecule has 0 radical (unpaired) electrons. The fourth-order valence-electron chi connectivity index (χ4n) is 4.94. The Morgan fingerprint density at radius 1 is 0.727 bits per heavy atom. The van der Waals surface area contributed by atoms with Crippen LogP contribution in [-0.4, -0.2) is 18.4 Å². The zero-order chi connectivity index (χ0) is 30.7. The first kappa shape index (κ1) is 30.2. The van der Waals surface area contributed by atoms with Crippen LogP contribution in [0.3, 0.4) is 0 Å². The van der Waals surface area contributed by atoms with E-state index in [2.05, 4.69) is 10.6 Å². The van der Waals surface area contributed by atoms with Gasteiger partial charge in [0.15, 0.2) is 0 Å². The van der Waals surface area contributed by atoms with Gasteiger partial charge in [-0.2, -0.15) is 0 Å². The highest BCUT2D eigenvalue weighted by Gasteiger charge is 2.21. The summed E-state index contributed by atoms with van der Waals surface area (Å²) in [5.74, 6) is -0.743. The Kier molecular flexibility index (Phi) is 10.1. The van der Waals surface area contributed by atoms with Crippen molar-refractivity contribution in [1.82, 2.24) is 5.32 Å². The van der Waals surface area contributed by atoms with Gasteiger partial charge in [-0.05, 0) is 65.6 Å². The molecule has 0 aromatic heterocycles. The third-order valence-corrected chi connectivity index (χ3v) is 7.37. The van der Waals surface area contributed by atoms with Crippen LogP contribution in [0, 0.1) is 5.82 Å². The van der Waals surface area contributed by atoms with Gasteiger partial charge in [0.2, 0.25) is 5.91 Å². The summed E-state index contributed by atoms with van der Waals surface area (Å²) in [7, 11) is 0. The van der Waals surface area contributed by atoms with Crippen molar-refractivity contribution in [3.63, 3.8) is 0 Å². The number of nitrogens with one attached hydrogen (secondary N) is 2. The number of para-hydroxylation sites is 2. The molecule has 0 saturated carbocycles. The highest BCUT2D eigenvalue weighted by molar-refractivity contribution is 6.08. The van der Waals surface area contributed by atoms with Gasteiger partial charge in [0.25, 0.3) is 5.91 Å². The molecule has 0 spiro atoms. The molecule has 5 aromatic rings. The number of halogens is 1. The lowest BCUT2D eigenvalue weighted by Crippen LogP contribution is -2.33. The molecule has 7 heteroatoms. The van der Waals surface area contributed by atoms with Crippen molar-refractivity contribution >= 4 is 28.9 Å². The van der Waals surface area contributed by atoms with Crippen LogP contribution in [-0.2, 0) is 17.9 Å². The smallest absolute Gasteiger partial charge is 0.258 e. The highest BCUT2D eigenvalue weighted by atomic mass is 19.1. The van der Waals surface area contributed by atoms with Gasteiger partial charge < -0.3 is 21.3 Å². The molecule has 0 bridgehead atoms. The topological polar surface area (TPSA) is 87.5 Å². The summed E-state index contributed by atoms with van der Waals surface area (Å²) >= 11 is 0. The van der Waals surface area contributed by atoms with Crippen LogP contribution in [0.15, 0.2) is 127 Å². The maximum atomic E-state index is 14.0. The number of carbonyl (C=O) groups excluding carboxylic acids is 2. The fourth-order valence-corrected chi connectivity index (χ4v) is 4.94. The maximum absolute atomic E-state index is 14.0. The Bertz CT molecular complexity index is 1690. The zero-order valence-electron chi connectivity index (χ0n) is 24.4. The van der Waals surface area contributed by atoms with Gasteiger partial charge in [0.05, 0.1) is 11.4 Å². The number of amides is 2. The summed E-state index contributed by atoms with van der Waals surface area (Å²) in [5.41, 5.74) is 12.1. The minimum Gasteiger partial charge on any atom is -0.354 e. The van der Waals surface area contributed by atoms with Crippen molar-refractivity contribution in [2.45, 2.75) is 25.9 Å². The molecule has 6 nitrogen and oxygen atoms in total. The van der Waals surface area contributed by atoms with Gasteiger partial charge in [-0.15, -0.1) is 0 Å². The number of hydrogen-bond donors (Lipinski definition) is 3. The summed E-state index contributed by atoms with van der Waals surface area (Å²) in [6.07, 6.45) is 0.595. The Morgan fingerprint density at radius 2 is 1.39 bits per heavy atom. The molecule has 0 aliphatic rings. The van der Waals surface area contributed by atoms with E-state index >= 15 is 0 Å². The van der Waals surface area contributed by atoms with E-state index in [1.807, 2.05) is 103 Å². The van der Waals surface area contributed by atoms with E-state index < -0.39 is 0 Å². The number of carbonyl (C=O) groups is 2. The molecule has 0 atom stereocenters. The third kappa shape index (κ3) is 7.76. The Balaban J connectivity index is 1.35. The van der Waals surface area contributed by atoms with Crippen molar-refractivity contribution in [3.8, 4) is 11.1 Å². The number of nitrogens with two attached hydrogens (primary N) is 1. The van der Waals surface area contributed by atoms with Crippen LogP contribution >= 0.6 is 0 Å². The van der Waals surface area contributed by atoms with Crippen molar-refractivity contribution in [2.24, 2.45) is 5.73 Å². The third-order valence-electron chi connectivity index (χ3n) is 7.37. The number of anilines is 3. The van der Waals surface area contributed by atoms with Crippen LogP contribution in [0.1, 0.15) is 34.3 Å². The van der Waals surface area contributed by atoms with Crippen LogP contribution in [0.4, 0.5) is 21.5 Å². The molecular weight excluding hydrogens is 551 g/mol. The van der Waals surface area contributed by atoms with E-state index in [0.29, 0.717) is 36.3 Å². The summed E-state index contributed by atoms with van der Waals surface area (Å²) in [5, 5.41) is 6.22. The largest absolute Gasteiger partial charge is 0.354 e. The first-order valence-electron chi connectivity index (χ1n) is 14.6. The second-order valence-corrected chi connectivity index (χ2v) is 10.4. The number of benzene rings is 5. The molecule has 0 aliphatic carbocycles. The van der Waals surface area contributed by atoms with Crippen LogP contribution in [0.5, 0.6) is 0 Å². The van der Waals surface area contributed by atoms with Crippen LogP contribution in [0.2, 0.25) is 0 Å². The Labute approximate surface area is 257 Å². The summed E-state index contributed by atoms with van der Waals surface area (Å²) in [6, 6.07) is 39.4. The predicted molar refractivity (Wildman–Crippen MR) is 175 cm³/mol. The second-order valence-electron chi connectivity index (χ2n) is 10.4. The first-order valence-corrected chi connectivity index (χ1v) is 14.6. The summed E-state index contributed by atoms with van der Waals surface area (Å²) < 4.78 is 14.0. The van der Waals surface area contributed by atoms with Crippen molar-refractivity contribution in [1.29, 1.82) is 0 Å². The Hall–Kier alpha value is -5.27. The molecular formula is C37H35FN4O2. The minimum atomic E-state index is -0.357. The predicted octanol–water partition coefficient (Wildman–Crippen LogP) is 7.44. The second kappa shape index (κ2) is 14.8. The molecule has 4 N–H and O–H groups in total. The van der Waals surface area contributed by atoms with Gasteiger partial charge in [0.1, 0.15) is 5.82 Å². The fraction of sp³-hybridized carbons (Fsp3) is 0.135. The summed E-state index contributed by atoms with van der Waals surface area (Å²) in [4.78, 5) is 28.4. The van der Waals surface area contributed by atoms with Gasteiger partial charge in [-0.1, -0.05) is 84.9 Å². The molecule has 44 heavy (non-hydrogen) atoms. The lowest BCUT2D eigenvalue weighted by Gasteiger charge is -2.26. The zero-order valence-corrected chi connectivity index (χ0v) is 24.4. The van der Waals surface area contributed by atoms with Gasteiger partial charge in [0, 0.05) is 42.9 Å². The lowest BCUT2D eigenvalue weighted by atomic mass is 10.0. The van der Waals surface area contributed by atoms with Gasteiger partial charge in [-0.25, -0.2) is 4.39 Å². The molecule has 5 aromatic carbocycles. The minimum absolute atomic E-state index is 0.109. The molecule has 222 valence electrons. The van der Waals surface area contributed by atoms with E-state index in [1.165, 1.54) is 6.07 Å². The average Bonchev–Trinajstić information content (AvgIpc) is 3.07. The average molecular weight is 587 g/mol. The van der Waals surface area contributed by atoms with E-state index in [-0.39, 0.29) is 30.6 Å². The van der Waals surface area contributed by atoms with Crippen molar-refractivity contribution in [2.75, 3.05) is 16.8 Å². The first-order chi connectivity index (χ1) is 21.5. The number of nitrogens with zero attached hydrogens (tertiary/aromatic N) is 1. The molecule has 5 rings (SSSR count). The summed E-state index contributed by atoms with van der Waals surface area (Å²) in [6.45, 7) is 0.866. The standard InChI is InChI=1S/C37H35FN4O2/c38-33-12-5-4-11-31(33)26-40-36(43)15-8-24-42(37(44)30-20-18-29(19-21-30)28-9-2-1-3-10-28)35-14-7-6-13-34(35)41-32-22-16-27(25-39)17-23-32/h1-7,9-14,16-23,41H,8,15,24-26,39H2,(H,40,43). The number of hydrogen-bond acceptors (Lipinski definition) is 4. The van der Waals surface area contributed by atoms with E-state index in [1.54, 1.807) is 23.1 Å². The maximum Gasteiger partial charge on any atom is 0.258 e. The number of rotatable bonds is 12. The van der Waals surface area contributed by atoms with Gasteiger partial charge in [-0.3, -0.25) is 9.59 Å². The van der Waals surface area contributed by atoms with E-state index in [9.17, 15) is 14.0 Å². The lowest BCUT2D eigenvalue weighted by molar-refractivity contribution is -0.121. The van der Waals surface area contributed by atoms with Crippen molar-refractivity contribution < 1.29 is 14.0 Å². The van der Waals surface area contributed by atoms with E-state index in [0.717, 1.165) is 28.1 Å². The van der Waals surface area contributed by atoms with Gasteiger partial charge >= 0.3 is 0 Å². The SMILES string of the molecule is NCc1ccc(Nc2ccccc2N(CCCC(=O)NCc2ccccc2F)C(=O)c2ccc(-c3ccccc3)cc2)cc1. The van der Waals surface area contributed by atoms with E-state index in [4.69, 9.17) is 5.73 Å². The molecule has 2 amide bonds.